The van der Waals surface area contributed by atoms with Crippen molar-refractivity contribution in [2.45, 2.75) is 44.8 Å². The lowest BCUT2D eigenvalue weighted by molar-refractivity contribution is -0.113. The fourth-order valence-corrected chi connectivity index (χ4v) is 5.74. The number of benzene rings is 1. The van der Waals surface area contributed by atoms with Crippen molar-refractivity contribution in [3.8, 4) is 22.6 Å². The minimum absolute atomic E-state index is 0.0997. The Balaban J connectivity index is 1.40. The van der Waals surface area contributed by atoms with E-state index in [2.05, 4.69) is 50.4 Å². The van der Waals surface area contributed by atoms with E-state index in [0.29, 0.717) is 5.13 Å². The first kappa shape index (κ1) is 22.7. The van der Waals surface area contributed by atoms with Gasteiger partial charge in [0.2, 0.25) is 5.91 Å². The second kappa shape index (κ2) is 10.9. The number of anilines is 1. The number of thiophene rings is 1. The summed E-state index contributed by atoms with van der Waals surface area (Å²) in [4.78, 5) is 18.4. The van der Waals surface area contributed by atoms with Crippen LogP contribution < -0.4 is 5.32 Å². The van der Waals surface area contributed by atoms with Crippen LogP contribution in [0.4, 0.5) is 5.13 Å². The van der Waals surface area contributed by atoms with E-state index in [1.54, 1.807) is 11.3 Å². The number of thiazole rings is 1. The molecule has 0 atom stereocenters. The van der Waals surface area contributed by atoms with Gasteiger partial charge < -0.3 is 9.88 Å². The van der Waals surface area contributed by atoms with Gasteiger partial charge in [-0.25, -0.2) is 4.98 Å². The third-order valence-electron chi connectivity index (χ3n) is 4.72. The molecule has 32 heavy (non-hydrogen) atoms. The fourth-order valence-electron chi connectivity index (χ4n) is 3.27. The third kappa shape index (κ3) is 5.46. The van der Waals surface area contributed by atoms with Gasteiger partial charge in [0.15, 0.2) is 16.1 Å². The van der Waals surface area contributed by atoms with E-state index in [4.69, 9.17) is 0 Å². The van der Waals surface area contributed by atoms with Crippen LogP contribution >= 0.6 is 34.4 Å². The summed E-state index contributed by atoms with van der Waals surface area (Å²) in [5.74, 6) is 1.03. The largest absolute Gasteiger partial charge is 0.302 e. The zero-order chi connectivity index (χ0) is 22.3. The van der Waals surface area contributed by atoms with E-state index in [-0.39, 0.29) is 11.7 Å². The molecule has 0 bridgehead atoms. The number of rotatable bonds is 10. The summed E-state index contributed by atoms with van der Waals surface area (Å²) in [7, 11) is 0. The van der Waals surface area contributed by atoms with Gasteiger partial charge in [-0.1, -0.05) is 62.4 Å². The Morgan fingerprint density at radius 2 is 1.91 bits per heavy atom. The van der Waals surface area contributed by atoms with Crippen molar-refractivity contribution in [2.24, 2.45) is 0 Å². The molecule has 3 aromatic heterocycles. The van der Waals surface area contributed by atoms with Crippen LogP contribution in [0.5, 0.6) is 0 Å². The van der Waals surface area contributed by atoms with Crippen LogP contribution in [0.1, 0.15) is 31.6 Å². The summed E-state index contributed by atoms with van der Waals surface area (Å²) in [5, 5.41) is 17.2. The SMILES string of the molecule is CCCc1cc(-c2nnc(SCC(=O)Nc3nc(-c4ccccc4)cs3)n2CCC)cs1. The Morgan fingerprint density at radius 3 is 2.69 bits per heavy atom. The van der Waals surface area contributed by atoms with Crippen molar-refractivity contribution >= 4 is 45.5 Å². The lowest BCUT2D eigenvalue weighted by Gasteiger charge is -2.08. The Bertz CT molecular complexity index is 1170. The number of aryl methyl sites for hydroxylation is 1. The number of amides is 1. The maximum Gasteiger partial charge on any atom is 0.236 e. The zero-order valence-electron chi connectivity index (χ0n) is 18.1. The number of hydrogen-bond donors (Lipinski definition) is 1. The molecule has 0 aliphatic rings. The van der Waals surface area contributed by atoms with Crippen molar-refractivity contribution in [1.82, 2.24) is 19.7 Å². The first-order valence-electron chi connectivity index (χ1n) is 10.6. The van der Waals surface area contributed by atoms with Gasteiger partial charge in [-0.2, -0.15) is 0 Å². The molecule has 0 unspecified atom stereocenters. The quantitative estimate of drug-likeness (QED) is 0.271. The molecule has 0 aliphatic heterocycles. The number of thioether (sulfide) groups is 1. The van der Waals surface area contributed by atoms with E-state index in [9.17, 15) is 4.79 Å². The summed E-state index contributed by atoms with van der Waals surface area (Å²) < 4.78 is 2.12. The molecule has 0 fully saturated rings. The minimum Gasteiger partial charge on any atom is -0.302 e. The predicted octanol–water partition coefficient (Wildman–Crippen LogP) is 6.22. The van der Waals surface area contributed by atoms with E-state index >= 15 is 0 Å². The third-order valence-corrected chi connectivity index (χ3v) is 7.45. The van der Waals surface area contributed by atoms with Crippen molar-refractivity contribution < 1.29 is 4.79 Å². The number of carbonyl (C=O) groups is 1. The number of aromatic nitrogens is 4. The summed E-state index contributed by atoms with van der Waals surface area (Å²) >= 11 is 4.60. The normalized spacial score (nSPS) is 11.1. The molecule has 0 saturated carbocycles. The summed E-state index contributed by atoms with van der Waals surface area (Å²) in [6, 6.07) is 12.1. The molecule has 9 heteroatoms. The molecular weight excluding hydrogens is 458 g/mol. The van der Waals surface area contributed by atoms with E-state index in [1.165, 1.54) is 28.0 Å². The Morgan fingerprint density at radius 1 is 1.06 bits per heavy atom. The van der Waals surface area contributed by atoms with Gasteiger partial charge in [0, 0.05) is 33.3 Å². The number of nitrogens with one attached hydrogen (secondary N) is 1. The van der Waals surface area contributed by atoms with E-state index < -0.39 is 0 Å². The second-order valence-corrected chi connectivity index (χ2v) is 10.0. The standard InChI is InChI=1S/C23H25N5OS3/c1-3-8-18-12-17(13-30-18)21-26-27-23(28(21)11-4-2)32-15-20(29)25-22-24-19(14-31-22)16-9-6-5-7-10-16/h5-7,9-10,12-14H,3-4,8,11,15H2,1-2H3,(H,24,25,29). The van der Waals surface area contributed by atoms with E-state index in [1.807, 2.05) is 35.7 Å². The van der Waals surface area contributed by atoms with Gasteiger partial charge in [0.1, 0.15) is 0 Å². The number of carbonyl (C=O) groups excluding carboxylic acids is 1. The molecule has 0 saturated heterocycles. The van der Waals surface area contributed by atoms with Crippen LogP contribution in [0.2, 0.25) is 0 Å². The summed E-state index contributed by atoms with van der Waals surface area (Å²) in [6.45, 7) is 5.14. The summed E-state index contributed by atoms with van der Waals surface area (Å²) in [6.07, 6.45) is 3.18. The first-order chi connectivity index (χ1) is 15.7. The monoisotopic (exact) mass is 483 g/mol. The smallest absolute Gasteiger partial charge is 0.236 e. The van der Waals surface area contributed by atoms with Crippen molar-refractivity contribution in [3.63, 3.8) is 0 Å². The van der Waals surface area contributed by atoms with Crippen LogP contribution in [0.15, 0.2) is 52.3 Å². The van der Waals surface area contributed by atoms with Gasteiger partial charge in [-0.15, -0.1) is 32.9 Å². The molecule has 6 nitrogen and oxygen atoms in total. The molecule has 4 rings (SSSR count). The van der Waals surface area contributed by atoms with Crippen LogP contribution in [0, 0.1) is 0 Å². The molecular formula is C23H25N5OS3. The Labute approximate surface area is 200 Å². The van der Waals surface area contributed by atoms with Crippen molar-refractivity contribution in [2.75, 3.05) is 11.1 Å². The Kier molecular flexibility index (Phi) is 7.72. The minimum atomic E-state index is -0.0997. The average Bonchev–Trinajstić information content (AvgIpc) is 3.54. The van der Waals surface area contributed by atoms with Gasteiger partial charge in [-0.05, 0) is 18.9 Å². The molecule has 3 heterocycles. The maximum absolute atomic E-state index is 12.5. The van der Waals surface area contributed by atoms with Gasteiger partial charge in [0.25, 0.3) is 0 Å². The molecule has 0 spiro atoms. The molecule has 0 aliphatic carbocycles. The molecule has 166 valence electrons. The van der Waals surface area contributed by atoms with Crippen molar-refractivity contribution in [1.29, 1.82) is 0 Å². The highest BCUT2D eigenvalue weighted by molar-refractivity contribution is 7.99. The van der Waals surface area contributed by atoms with Gasteiger partial charge in [-0.3, -0.25) is 4.79 Å². The predicted molar refractivity (Wildman–Crippen MR) is 135 cm³/mol. The molecule has 1 amide bonds. The maximum atomic E-state index is 12.5. The van der Waals surface area contributed by atoms with Crippen molar-refractivity contribution in [3.05, 3.63) is 52.0 Å². The topological polar surface area (TPSA) is 72.7 Å². The van der Waals surface area contributed by atoms with Crippen LogP contribution in [0.3, 0.4) is 0 Å². The highest BCUT2D eigenvalue weighted by atomic mass is 32.2. The van der Waals surface area contributed by atoms with Crippen LogP contribution in [-0.4, -0.2) is 31.4 Å². The van der Waals surface area contributed by atoms with Gasteiger partial charge >= 0.3 is 0 Å². The number of hydrogen-bond acceptors (Lipinski definition) is 7. The zero-order valence-corrected chi connectivity index (χ0v) is 20.5. The lowest BCUT2D eigenvalue weighted by atomic mass is 10.2. The molecule has 1 N–H and O–H groups in total. The lowest BCUT2D eigenvalue weighted by Crippen LogP contribution is -2.14. The number of nitrogens with zero attached hydrogens (tertiary/aromatic N) is 4. The molecule has 4 aromatic rings. The van der Waals surface area contributed by atoms with E-state index in [0.717, 1.165) is 53.6 Å². The first-order valence-corrected chi connectivity index (χ1v) is 13.4. The second-order valence-electron chi connectivity index (χ2n) is 7.25. The highest BCUT2D eigenvalue weighted by Crippen LogP contribution is 2.29. The average molecular weight is 484 g/mol. The Hall–Kier alpha value is -2.49. The van der Waals surface area contributed by atoms with Crippen LogP contribution in [0.25, 0.3) is 22.6 Å². The fraction of sp³-hybridized carbons (Fsp3) is 0.304. The van der Waals surface area contributed by atoms with Gasteiger partial charge in [0.05, 0.1) is 11.4 Å². The summed E-state index contributed by atoms with van der Waals surface area (Å²) in [5.41, 5.74) is 3.00. The molecule has 0 radical (unpaired) electrons. The highest BCUT2D eigenvalue weighted by Gasteiger charge is 2.17. The molecule has 1 aromatic carbocycles. The van der Waals surface area contributed by atoms with Crippen LogP contribution in [-0.2, 0) is 17.8 Å².